The Labute approximate surface area is 289 Å². The molecule has 256 valence electrons. The summed E-state index contributed by atoms with van der Waals surface area (Å²) in [6, 6.07) is 9.21. The van der Waals surface area contributed by atoms with Gasteiger partial charge in [0.15, 0.2) is 10.8 Å². The van der Waals surface area contributed by atoms with Crippen LogP contribution < -0.4 is 4.72 Å². The SMILES string of the molecule is O=S(=O)(N[C@H]1CC2=C(c3ccn(C(F)F)n3)[C@H](c3ccc(F)cc3Cl)N=C(c3nccs3)N2C1)N1CC2CCC(C1)C2(O)c1ccccn1. The van der Waals surface area contributed by atoms with Gasteiger partial charge in [0.25, 0.3) is 10.2 Å². The molecule has 11 nitrogen and oxygen atoms in total. The fourth-order valence-electron chi connectivity index (χ4n) is 7.74. The number of aliphatic hydroxyl groups is 1. The van der Waals surface area contributed by atoms with Crippen molar-refractivity contribution in [1.82, 2.24) is 33.7 Å². The van der Waals surface area contributed by atoms with Crippen molar-refractivity contribution >= 4 is 44.6 Å². The van der Waals surface area contributed by atoms with Gasteiger partial charge in [-0.05, 0) is 43.2 Å². The van der Waals surface area contributed by atoms with E-state index in [1.54, 1.807) is 29.9 Å². The highest BCUT2D eigenvalue weighted by molar-refractivity contribution is 7.87. The quantitative estimate of drug-likeness (QED) is 0.262. The molecule has 3 aliphatic heterocycles. The van der Waals surface area contributed by atoms with Gasteiger partial charge in [0.2, 0.25) is 0 Å². The normalized spacial score (nSPS) is 27.2. The summed E-state index contributed by atoms with van der Waals surface area (Å²) in [5, 5.41) is 18.4. The molecule has 1 aliphatic carbocycles. The van der Waals surface area contributed by atoms with Crippen LogP contribution in [0.4, 0.5) is 13.2 Å². The number of halogens is 4. The number of benzene rings is 1. The molecule has 17 heteroatoms. The molecule has 8 rings (SSSR count). The van der Waals surface area contributed by atoms with Crippen molar-refractivity contribution < 1.29 is 26.7 Å². The van der Waals surface area contributed by atoms with E-state index in [0.717, 1.165) is 12.3 Å². The lowest BCUT2D eigenvalue weighted by molar-refractivity contribution is -0.0777. The third-order valence-electron chi connectivity index (χ3n) is 9.91. The number of thiazole rings is 1. The van der Waals surface area contributed by atoms with Gasteiger partial charge in [-0.1, -0.05) is 23.7 Å². The lowest BCUT2D eigenvalue weighted by atomic mass is 9.78. The van der Waals surface area contributed by atoms with Gasteiger partial charge in [0.05, 0.1) is 11.4 Å². The Hall–Kier alpha value is -3.67. The van der Waals surface area contributed by atoms with Crippen LogP contribution in [0.3, 0.4) is 0 Å². The highest BCUT2D eigenvalue weighted by Crippen LogP contribution is 2.51. The van der Waals surface area contributed by atoms with Crippen LogP contribution in [-0.4, -0.2) is 74.0 Å². The monoisotopic (exact) mass is 730 g/mol. The number of fused-ring (bicyclic) bond motifs is 3. The molecule has 6 heterocycles. The first-order valence-electron chi connectivity index (χ1n) is 15.7. The smallest absolute Gasteiger partial charge is 0.333 e. The van der Waals surface area contributed by atoms with Crippen LogP contribution in [0.1, 0.15) is 53.8 Å². The molecule has 4 aromatic rings. The minimum atomic E-state index is -4.04. The first-order valence-corrected chi connectivity index (χ1v) is 18.4. The predicted octanol–water partition coefficient (Wildman–Crippen LogP) is 4.97. The topological polar surface area (TPSA) is 129 Å². The molecule has 2 N–H and O–H groups in total. The van der Waals surface area contributed by atoms with E-state index >= 15 is 0 Å². The molecule has 1 aromatic carbocycles. The Morgan fingerprint density at radius 3 is 2.51 bits per heavy atom. The van der Waals surface area contributed by atoms with Crippen LogP contribution in [-0.2, 0) is 15.8 Å². The van der Waals surface area contributed by atoms with Gasteiger partial charge in [-0.2, -0.15) is 31.3 Å². The summed E-state index contributed by atoms with van der Waals surface area (Å²) in [5.41, 5.74) is 1.04. The first-order chi connectivity index (χ1) is 23.5. The lowest BCUT2D eigenvalue weighted by Gasteiger charge is -2.43. The van der Waals surface area contributed by atoms with Gasteiger partial charge in [0.1, 0.15) is 17.5 Å². The van der Waals surface area contributed by atoms with Crippen LogP contribution in [0.25, 0.3) is 5.57 Å². The largest absolute Gasteiger partial charge is 0.383 e. The van der Waals surface area contributed by atoms with Crippen molar-refractivity contribution in [2.45, 2.75) is 43.5 Å². The molecule has 0 radical (unpaired) electrons. The van der Waals surface area contributed by atoms with Gasteiger partial charge in [-0.15, -0.1) is 11.3 Å². The molecule has 3 fully saturated rings. The van der Waals surface area contributed by atoms with E-state index in [2.05, 4.69) is 19.8 Å². The van der Waals surface area contributed by atoms with E-state index in [-0.39, 0.29) is 48.6 Å². The average Bonchev–Trinajstić information content (AvgIpc) is 3.87. The number of hydrogen-bond acceptors (Lipinski definition) is 9. The number of piperidine rings is 1. The summed E-state index contributed by atoms with van der Waals surface area (Å²) in [5.74, 6) is -0.745. The van der Waals surface area contributed by atoms with Crippen LogP contribution >= 0.6 is 22.9 Å². The highest BCUT2D eigenvalue weighted by atomic mass is 35.5. The zero-order valence-electron chi connectivity index (χ0n) is 25.7. The van der Waals surface area contributed by atoms with Crippen molar-refractivity contribution in [2.75, 3.05) is 19.6 Å². The van der Waals surface area contributed by atoms with Gasteiger partial charge in [0, 0.05) is 89.8 Å². The number of alkyl halides is 2. The number of amidine groups is 1. The number of nitrogens with one attached hydrogen (secondary N) is 1. The van der Waals surface area contributed by atoms with Gasteiger partial charge >= 0.3 is 6.55 Å². The summed E-state index contributed by atoms with van der Waals surface area (Å²) in [7, 11) is -4.04. The average molecular weight is 731 g/mol. The van der Waals surface area contributed by atoms with Gasteiger partial charge in [-0.25, -0.2) is 14.1 Å². The molecule has 0 spiro atoms. The van der Waals surface area contributed by atoms with Gasteiger partial charge in [-0.3, -0.25) is 9.98 Å². The van der Waals surface area contributed by atoms with Crippen molar-refractivity contribution in [3.05, 3.63) is 105 Å². The third-order valence-corrected chi connectivity index (χ3v) is 12.6. The molecule has 3 aromatic heterocycles. The zero-order chi connectivity index (χ0) is 34.1. The number of pyridine rings is 1. The number of aromatic nitrogens is 4. The van der Waals surface area contributed by atoms with E-state index < -0.39 is 40.3 Å². The molecule has 4 aliphatic rings. The predicted molar refractivity (Wildman–Crippen MR) is 176 cm³/mol. The zero-order valence-corrected chi connectivity index (χ0v) is 28.1. The summed E-state index contributed by atoms with van der Waals surface area (Å²) in [6.07, 6.45) is 5.93. The molecule has 49 heavy (non-hydrogen) atoms. The van der Waals surface area contributed by atoms with Crippen molar-refractivity contribution in [3.8, 4) is 0 Å². The fourth-order valence-corrected chi connectivity index (χ4v) is 10.1. The Morgan fingerprint density at radius 1 is 1.06 bits per heavy atom. The summed E-state index contributed by atoms with van der Waals surface area (Å²) in [6.45, 7) is -2.45. The molecule has 0 amide bonds. The van der Waals surface area contributed by atoms with E-state index in [1.807, 2.05) is 11.0 Å². The second-order valence-corrected chi connectivity index (χ2v) is 15.6. The maximum atomic E-state index is 14.2. The highest BCUT2D eigenvalue weighted by Gasteiger charge is 2.57. The maximum absolute atomic E-state index is 14.2. The van der Waals surface area contributed by atoms with Crippen LogP contribution in [0, 0.1) is 17.7 Å². The van der Waals surface area contributed by atoms with Crippen LogP contribution in [0.5, 0.6) is 0 Å². The number of rotatable bonds is 8. The van der Waals surface area contributed by atoms with E-state index in [1.165, 1.54) is 33.8 Å². The number of aliphatic imine (C=N–C) groups is 1. The second-order valence-electron chi connectivity index (χ2n) is 12.6. The minimum Gasteiger partial charge on any atom is -0.383 e. The lowest BCUT2D eigenvalue weighted by Crippen LogP contribution is -2.57. The first kappa shape index (κ1) is 32.5. The van der Waals surface area contributed by atoms with Crippen LogP contribution in [0.2, 0.25) is 5.02 Å². The second kappa shape index (κ2) is 12.3. The summed E-state index contributed by atoms with van der Waals surface area (Å²) >= 11 is 7.89. The van der Waals surface area contributed by atoms with E-state index in [4.69, 9.17) is 16.6 Å². The summed E-state index contributed by atoms with van der Waals surface area (Å²) in [4.78, 5) is 15.7. The Balaban J connectivity index is 1.15. The molecule has 2 bridgehead atoms. The minimum absolute atomic E-state index is 0.0905. The maximum Gasteiger partial charge on any atom is 0.333 e. The molecule has 2 unspecified atom stereocenters. The number of nitrogens with zero attached hydrogens (tertiary/aromatic N) is 7. The van der Waals surface area contributed by atoms with Crippen LogP contribution in [0.15, 0.2) is 77.1 Å². The Morgan fingerprint density at radius 2 is 1.86 bits per heavy atom. The standard InChI is InChI=1S/C32H30ClF3N8O3S2/c33-23-13-20(34)6-7-22(23)28-27(24-8-11-44(40-24)31(35)36)25-14-21(17-43(25)29(39-28)30-38-10-12-48-30)41-49(46,47)42-15-18-4-5-19(16-42)32(18,45)26-3-1-2-9-37-26/h1-3,6-13,18-19,21,28,31,41,45H,4-5,14-17H2/t18?,19?,21-,28-,32?/m0/s1. The summed E-state index contributed by atoms with van der Waals surface area (Å²) < 4.78 is 74.4. The molecular weight excluding hydrogens is 701 g/mol. The van der Waals surface area contributed by atoms with Crippen molar-refractivity contribution in [1.29, 1.82) is 0 Å². The van der Waals surface area contributed by atoms with E-state index in [9.17, 15) is 26.7 Å². The Kier molecular flexibility index (Phi) is 8.15. The molecule has 1 saturated carbocycles. The molecule has 4 atom stereocenters. The van der Waals surface area contributed by atoms with E-state index in [0.29, 0.717) is 50.9 Å². The molecular formula is C32H30ClF3N8O3S2. The third kappa shape index (κ3) is 5.58. The Bertz CT molecular complexity index is 2050. The fraction of sp³-hybridized carbons (Fsp3) is 0.375. The number of hydrogen-bond donors (Lipinski definition) is 2. The molecule has 2 saturated heterocycles. The van der Waals surface area contributed by atoms with Crippen molar-refractivity contribution in [2.24, 2.45) is 16.8 Å². The van der Waals surface area contributed by atoms with Crippen molar-refractivity contribution in [3.63, 3.8) is 0 Å². The van der Waals surface area contributed by atoms with Gasteiger partial charge < -0.3 is 10.0 Å².